The summed E-state index contributed by atoms with van der Waals surface area (Å²) in [6.07, 6.45) is 8.04. The van der Waals surface area contributed by atoms with Gasteiger partial charge in [0.15, 0.2) is 0 Å². The van der Waals surface area contributed by atoms with Gasteiger partial charge in [0, 0.05) is 19.3 Å². The Morgan fingerprint density at radius 3 is 2.56 bits per heavy atom. The van der Waals surface area contributed by atoms with Crippen LogP contribution in [-0.2, 0) is 9.53 Å². The summed E-state index contributed by atoms with van der Waals surface area (Å²) in [7, 11) is 0. The van der Waals surface area contributed by atoms with Crippen molar-refractivity contribution in [2.75, 3.05) is 13.2 Å². The number of hydrogen-bond donors (Lipinski definition) is 2. The zero-order valence-electron chi connectivity index (χ0n) is 11.1. The predicted molar refractivity (Wildman–Crippen MR) is 69.2 cm³/mol. The second kappa shape index (κ2) is 7.10. The van der Waals surface area contributed by atoms with E-state index < -0.39 is 0 Å². The van der Waals surface area contributed by atoms with Crippen molar-refractivity contribution in [1.82, 2.24) is 5.32 Å². The van der Waals surface area contributed by atoms with E-state index in [9.17, 15) is 4.79 Å². The molecule has 18 heavy (non-hydrogen) atoms. The molecule has 0 radical (unpaired) electrons. The Kier molecular flexibility index (Phi) is 5.45. The number of hydrogen-bond acceptors (Lipinski definition) is 3. The number of aliphatic hydroxyl groups excluding tert-OH is 1. The van der Waals surface area contributed by atoms with Gasteiger partial charge in [-0.1, -0.05) is 0 Å². The van der Waals surface area contributed by atoms with E-state index in [0.29, 0.717) is 18.4 Å². The highest BCUT2D eigenvalue weighted by Crippen LogP contribution is 2.24. The topological polar surface area (TPSA) is 58.6 Å². The molecule has 1 aliphatic carbocycles. The molecule has 4 heteroatoms. The van der Waals surface area contributed by atoms with E-state index in [-0.39, 0.29) is 18.6 Å². The minimum atomic E-state index is 0.132. The summed E-state index contributed by atoms with van der Waals surface area (Å²) in [5.74, 6) is 0.578. The van der Waals surface area contributed by atoms with Crippen molar-refractivity contribution >= 4 is 5.91 Å². The van der Waals surface area contributed by atoms with Crippen LogP contribution in [0.3, 0.4) is 0 Å². The summed E-state index contributed by atoms with van der Waals surface area (Å²) in [4.78, 5) is 11.9. The highest BCUT2D eigenvalue weighted by molar-refractivity contribution is 5.76. The number of aliphatic hydroxyl groups is 1. The van der Waals surface area contributed by atoms with Crippen molar-refractivity contribution in [2.45, 2.75) is 63.5 Å². The second-order valence-corrected chi connectivity index (χ2v) is 5.66. The Morgan fingerprint density at radius 2 is 1.94 bits per heavy atom. The molecule has 0 aromatic rings. The summed E-state index contributed by atoms with van der Waals surface area (Å²) in [5.41, 5.74) is 0. The molecule has 1 unspecified atom stereocenters. The number of ether oxygens (including phenoxy) is 1. The van der Waals surface area contributed by atoms with Crippen molar-refractivity contribution in [3.05, 3.63) is 0 Å². The third-order valence-electron chi connectivity index (χ3n) is 4.16. The molecule has 2 N–H and O–H groups in total. The standard InChI is InChI=1S/C14H25NO3/c16-10-11-4-6-12(7-5-11)15-14(17)9-13-3-1-2-8-18-13/h11-13,16H,1-10H2,(H,15,17). The molecular weight excluding hydrogens is 230 g/mol. The Bertz CT molecular complexity index is 256. The second-order valence-electron chi connectivity index (χ2n) is 5.66. The van der Waals surface area contributed by atoms with E-state index in [4.69, 9.17) is 9.84 Å². The van der Waals surface area contributed by atoms with Crippen molar-refractivity contribution in [2.24, 2.45) is 5.92 Å². The van der Waals surface area contributed by atoms with Gasteiger partial charge in [0.25, 0.3) is 0 Å². The average Bonchev–Trinajstić information content (AvgIpc) is 2.40. The molecular formula is C14H25NO3. The number of rotatable bonds is 4. The number of carbonyl (C=O) groups excluding carboxylic acids is 1. The lowest BCUT2D eigenvalue weighted by molar-refractivity contribution is -0.125. The van der Waals surface area contributed by atoms with Crippen LogP contribution in [0, 0.1) is 5.92 Å². The maximum Gasteiger partial charge on any atom is 0.222 e. The van der Waals surface area contributed by atoms with Gasteiger partial charge in [-0.2, -0.15) is 0 Å². The molecule has 0 spiro atoms. The fourth-order valence-electron chi connectivity index (χ4n) is 2.95. The molecule has 1 amide bonds. The van der Waals surface area contributed by atoms with E-state index in [0.717, 1.165) is 45.1 Å². The first-order valence-electron chi connectivity index (χ1n) is 7.29. The summed E-state index contributed by atoms with van der Waals surface area (Å²) >= 11 is 0. The van der Waals surface area contributed by atoms with Crippen LogP contribution in [0.15, 0.2) is 0 Å². The number of nitrogens with one attached hydrogen (secondary N) is 1. The van der Waals surface area contributed by atoms with E-state index >= 15 is 0 Å². The molecule has 1 saturated heterocycles. The lowest BCUT2D eigenvalue weighted by Gasteiger charge is -2.29. The molecule has 4 nitrogen and oxygen atoms in total. The zero-order chi connectivity index (χ0) is 12.8. The molecule has 104 valence electrons. The highest BCUT2D eigenvalue weighted by atomic mass is 16.5. The van der Waals surface area contributed by atoms with Gasteiger partial charge >= 0.3 is 0 Å². The quantitative estimate of drug-likeness (QED) is 0.802. The van der Waals surface area contributed by atoms with Gasteiger partial charge in [0.2, 0.25) is 5.91 Å². The van der Waals surface area contributed by atoms with E-state index in [1.54, 1.807) is 0 Å². The Morgan fingerprint density at radius 1 is 1.17 bits per heavy atom. The third kappa shape index (κ3) is 4.25. The van der Waals surface area contributed by atoms with Crippen LogP contribution in [0.1, 0.15) is 51.4 Å². The molecule has 1 aliphatic heterocycles. The lowest BCUT2D eigenvalue weighted by Crippen LogP contribution is -2.40. The average molecular weight is 255 g/mol. The van der Waals surface area contributed by atoms with Crippen LogP contribution in [0.5, 0.6) is 0 Å². The number of amides is 1. The van der Waals surface area contributed by atoms with Gasteiger partial charge in [0.05, 0.1) is 12.5 Å². The Labute approximate surface area is 109 Å². The fourth-order valence-corrected chi connectivity index (χ4v) is 2.95. The van der Waals surface area contributed by atoms with Crippen molar-refractivity contribution in [3.63, 3.8) is 0 Å². The molecule has 1 atom stereocenters. The fraction of sp³-hybridized carbons (Fsp3) is 0.929. The largest absolute Gasteiger partial charge is 0.396 e. The summed E-state index contributed by atoms with van der Waals surface area (Å²) in [6.45, 7) is 1.09. The van der Waals surface area contributed by atoms with Gasteiger partial charge in [-0.15, -0.1) is 0 Å². The van der Waals surface area contributed by atoms with Crippen LogP contribution >= 0.6 is 0 Å². The predicted octanol–water partition coefficient (Wildman–Crippen LogP) is 1.61. The van der Waals surface area contributed by atoms with Crippen molar-refractivity contribution < 1.29 is 14.6 Å². The maximum atomic E-state index is 11.9. The summed E-state index contributed by atoms with van der Waals surface area (Å²) in [6, 6.07) is 0.309. The number of carbonyl (C=O) groups is 1. The van der Waals surface area contributed by atoms with Gasteiger partial charge in [-0.25, -0.2) is 0 Å². The SMILES string of the molecule is O=C(CC1CCCCO1)NC1CCC(CO)CC1. The van der Waals surface area contributed by atoms with Crippen LogP contribution < -0.4 is 5.32 Å². The minimum Gasteiger partial charge on any atom is -0.396 e. The first-order chi connectivity index (χ1) is 8.78. The maximum absolute atomic E-state index is 11.9. The normalized spacial score (nSPS) is 33.1. The van der Waals surface area contributed by atoms with Gasteiger partial charge in [-0.05, 0) is 50.9 Å². The molecule has 0 bridgehead atoms. The lowest BCUT2D eigenvalue weighted by atomic mass is 9.86. The van der Waals surface area contributed by atoms with E-state index in [1.165, 1.54) is 6.42 Å². The van der Waals surface area contributed by atoms with Gasteiger partial charge in [-0.3, -0.25) is 4.79 Å². The third-order valence-corrected chi connectivity index (χ3v) is 4.16. The molecule has 2 rings (SSSR count). The molecule has 1 heterocycles. The van der Waals surface area contributed by atoms with Crippen LogP contribution in [-0.4, -0.2) is 36.4 Å². The monoisotopic (exact) mass is 255 g/mol. The van der Waals surface area contributed by atoms with Crippen LogP contribution in [0.4, 0.5) is 0 Å². The van der Waals surface area contributed by atoms with Crippen molar-refractivity contribution in [1.29, 1.82) is 0 Å². The van der Waals surface area contributed by atoms with Gasteiger partial charge < -0.3 is 15.2 Å². The smallest absolute Gasteiger partial charge is 0.222 e. The highest BCUT2D eigenvalue weighted by Gasteiger charge is 2.23. The van der Waals surface area contributed by atoms with E-state index in [1.807, 2.05) is 0 Å². The van der Waals surface area contributed by atoms with E-state index in [2.05, 4.69) is 5.32 Å². The van der Waals surface area contributed by atoms with Crippen LogP contribution in [0.25, 0.3) is 0 Å². The Balaban J connectivity index is 1.65. The molecule has 2 aliphatic rings. The molecule has 0 aromatic heterocycles. The first kappa shape index (κ1) is 13.8. The first-order valence-corrected chi connectivity index (χ1v) is 7.29. The minimum absolute atomic E-state index is 0.132. The van der Waals surface area contributed by atoms with Gasteiger partial charge in [0.1, 0.15) is 0 Å². The molecule has 1 saturated carbocycles. The Hall–Kier alpha value is -0.610. The summed E-state index contributed by atoms with van der Waals surface area (Å²) in [5, 5.41) is 12.2. The molecule has 0 aromatic carbocycles. The zero-order valence-corrected chi connectivity index (χ0v) is 11.1. The van der Waals surface area contributed by atoms with Crippen LogP contribution in [0.2, 0.25) is 0 Å². The van der Waals surface area contributed by atoms with Crippen molar-refractivity contribution in [3.8, 4) is 0 Å². The molecule has 2 fully saturated rings. The summed E-state index contributed by atoms with van der Waals surface area (Å²) < 4.78 is 5.58.